The molecule has 0 N–H and O–H groups in total. The van der Waals surface area contributed by atoms with E-state index in [1.807, 2.05) is 0 Å². The first-order valence-corrected chi connectivity index (χ1v) is 2.17. The third kappa shape index (κ3) is 0.330. The van der Waals surface area contributed by atoms with Gasteiger partial charge in [0.1, 0.15) is 24.0 Å². The molecule has 36 valence electrons. The van der Waals surface area contributed by atoms with Crippen LogP contribution >= 0.6 is 0 Å². The van der Waals surface area contributed by atoms with Crippen molar-refractivity contribution in [3.8, 4) is 0 Å². The molecule has 0 unspecified atom stereocenters. The molecule has 0 spiro atoms. The molecule has 1 aliphatic carbocycles. The van der Waals surface area contributed by atoms with Crippen LogP contribution in [-0.2, 0) is 9.47 Å². The van der Waals surface area contributed by atoms with Crippen molar-refractivity contribution >= 4 is 0 Å². The molecule has 0 aromatic rings. The highest BCUT2D eigenvalue weighted by Gasteiger charge is 2.27. The first-order chi connectivity index (χ1) is 3.47. The van der Waals surface area contributed by atoms with E-state index in [-0.39, 0.29) is 0 Å². The summed E-state index contributed by atoms with van der Waals surface area (Å²) in [5.74, 6) is 1.98. The van der Waals surface area contributed by atoms with Crippen LogP contribution < -0.4 is 0 Å². The van der Waals surface area contributed by atoms with Gasteiger partial charge < -0.3 is 9.47 Å². The molecule has 0 bridgehead atoms. The van der Waals surface area contributed by atoms with Gasteiger partial charge in [0.25, 0.3) is 0 Å². The summed E-state index contributed by atoms with van der Waals surface area (Å²) in [5.41, 5.74) is 0. The summed E-state index contributed by atoms with van der Waals surface area (Å²) < 4.78 is 9.85. The van der Waals surface area contributed by atoms with Gasteiger partial charge >= 0.3 is 0 Å². The lowest BCUT2D eigenvalue weighted by atomic mass is 10.8. The van der Waals surface area contributed by atoms with Crippen LogP contribution in [0.2, 0.25) is 0 Å². The Morgan fingerprint density at radius 2 is 1.71 bits per heavy atom. The van der Waals surface area contributed by atoms with E-state index < -0.39 is 0 Å². The third-order valence-corrected chi connectivity index (χ3v) is 0.983. The van der Waals surface area contributed by atoms with Gasteiger partial charge in [-0.05, 0) is 0 Å². The molecule has 0 amide bonds. The number of hydrogen-bond donors (Lipinski definition) is 0. The van der Waals surface area contributed by atoms with E-state index in [2.05, 4.69) is 0 Å². The molecular formula is C5H4O2. The molecule has 1 heterocycles. The molecule has 0 saturated carbocycles. The zero-order valence-electron chi connectivity index (χ0n) is 3.68. The van der Waals surface area contributed by atoms with Gasteiger partial charge in [0, 0.05) is 0 Å². The molecule has 0 aromatic carbocycles. The molecule has 2 rings (SSSR count). The highest BCUT2D eigenvalue weighted by molar-refractivity contribution is 5.26. The molecule has 7 heavy (non-hydrogen) atoms. The molecule has 2 nitrogen and oxygen atoms in total. The Bertz CT molecular complexity index is 139. The maximum absolute atomic E-state index is 4.93. The van der Waals surface area contributed by atoms with Gasteiger partial charge in [-0.3, -0.25) is 0 Å². The van der Waals surface area contributed by atoms with Crippen molar-refractivity contribution in [2.24, 2.45) is 0 Å². The van der Waals surface area contributed by atoms with Gasteiger partial charge in [-0.15, -0.1) is 0 Å². The highest BCUT2D eigenvalue weighted by atomic mass is 16.6. The molecule has 1 aliphatic heterocycles. The Kier molecular flexibility index (Phi) is 0.372. The Morgan fingerprint density at radius 1 is 1.14 bits per heavy atom. The largest absolute Gasteiger partial charge is 0.462 e. The van der Waals surface area contributed by atoms with Crippen molar-refractivity contribution in [3.63, 3.8) is 0 Å². The van der Waals surface area contributed by atoms with E-state index in [9.17, 15) is 0 Å². The van der Waals surface area contributed by atoms with Crippen molar-refractivity contribution in [1.29, 1.82) is 0 Å². The second-order valence-electron chi connectivity index (χ2n) is 1.53. The number of rotatable bonds is 0. The lowest BCUT2D eigenvalue weighted by Crippen LogP contribution is -1.74. The van der Waals surface area contributed by atoms with Crippen LogP contribution in [0.3, 0.4) is 0 Å². The first-order valence-electron chi connectivity index (χ1n) is 2.17. The molecule has 0 radical (unpaired) electrons. The second-order valence-corrected chi connectivity index (χ2v) is 1.53. The summed E-state index contributed by atoms with van der Waals surface area (Å²) in [6, 6.07) is 0. The minimum atomic E-state index is 0.910. The fourth-order valence-electron chi connectivity index (χ4n) is 0.536. The van der Waals surface area contributed by atoms with Crippen molar-refractivity contribution in [2.45, 2.75) is 6.42 Å². The van der Waals surface area contributed by atoms with Crippen LogP contribution in [0.25, 0.3) is 0 Å². The molecule has 0 atom stereocenters. The zero-order chi connectivity index (χ0) is 4.69. The average molecular weight is 96.1 g/mol. The molecule has 0 aromatic heterocycles. The van der Waals surface area contributed by atoms with Crippen LogP contribution in [0.5, 0.6) is 0 Å². The fourth-order valence-corrected chi connectivity index (χ4v) is 0.536. The number of ether oxygens (including phenoxy) is 2. The minimum Gasteiger partial charge on any atom is -0.462 e. The summed E-state index contributed by atoms with van der Waals surface area (Å²) in [7, 11) is 0. The van der Waals surface area contributed by atoms with Gasteiger partial charge in [-0.1, -0.05) is 0 Å². The van der Waals surface area contributed by atoms with E-state index in [1.54, 1.807) is 12.5 Å². The zero-order valence-corrected chi connectivity index (χ0v) is 3.68. The monoisotopic (exact) mass is 96.0 g/mol. The Morgan fingerprint density at radius 3 is 2.14 bits per heavy atom. The third-order valence-electron chi connectivity index (χ3n) is 0.983. The molecule has 2 heteroatoms. The Balaban J connectivity index is 2.22. The number of allylic oxidation sites excluding steroid dienone is 2. The number of hydrogen-bond acceptors (Lipinski definition) is 2. The lowest BCUT2D eigenvalue weighted by Gasteiger charge is -1.93. The van der Waals surface area contributed by atoms with E-state index >= 15 is 0 Å². The quantitative estimate of drug-likeness (QED) is 0.450. The topological polar surface area (TPSA) is 18.5 Å². The Labute approximate surface area is 41.0 Å². The van der Waals surface area contributed by atoms with Crippen LogP contribution in [0.15, 0.2) is 24.0 Å². The molecule has 2 aliphatic rings. The second kappa shape index (κ2) is 0.832. The van der Waals surface area contributed by atoms with Crippen LogP contribution in [0.1, 0.15) is 6.42 Å². The molecule has 0 fully saturated rings. The summed E-state index contributed by atoms with van der Waals surface area (Å²) in [6.45, 7) is 0. The van der Waals surface area contributed by atoms with E-state index in [0.717, 1.165) is 17.9 Å². The van der Waals surface area contributed by atoms with Crippen molar-refractivity contribution < 1.29 is 9.47 Å². The SMILES string of the molecule is C1=COC2=C(C2)O1. The van der Waals surface area contributed by atoms with E-state index in [4.69, 9.17) is 9.47 Å². The van der Waals surface area contributed by atoms with Crippen LogP contribution in [0, 0.1) is 0 Å². The standard InChI is InChI=1S/C5H4O2/c1-2-7-5-3-4(5)6-1/h1-2H,3H2. The predicted octanol–water partition coefficient (Wildman–Crippen LogP) is 1.12. The van der Waals surface area contributed by atoms with Gasteiger partial charge in [-0.2, -0.15) is 0 Å². The minimum absolute atomic E-state index is 0.910. The summed E-state index contributed by atoms with van der Waals surface area (Å²) in [6.07, 6.45) is 4.00. The fraction of sp³-hybridized carbons (Fsp3) is 0.200. The maximum atomic E-state index is 4.93. The van der Waals surface area contributed by atoms with E-state index in [0.29, 0.717) is 0 Å². The van der Waals surface area contributed by atoms with Gasteiger partial charge in [-0.25, -0.2) is 0 Å². The van der Waals surface area contributed by atoms with E-state index in [1.165, 1.54) is 0 Å². The summed E-state index contributed by atoms with van der Waals surface area (Å²) in [5, 5.41) is 0. The first kappa shape index (κ1) is 3.13. The molecular weight excluding hydrogens is 92.1 g/mol. The smallest absolute Gasteiger partial charge is 0.150 e. The molecule has 0 saturated heterocycles. The van der Waals surface area contributed by atoms with Gasteiger partial charge in [0.05, 0.1) is 6.42 Å². The summed E-state index contributed by atoms with van der Waals surface area (Å²) >= 11 is 0. The highest BCUT2D eigenvalue weighted by Crippen LogP contribution is 2.35. The maximum Gasteiger partial charge on any atom is 0.150 e. The van der Waals surface area contributed by atoms with Crippen LogP contribution in [-0.4, -0.2) is 0 Å². The van der Waals surface area contributed by atoms with Crippen molar-refractivity contribution in [2.75, 3.05) is 0 Å². The lowest BCUT2D eigenvalue weighted by molar-refractivity contribution is 0.290. The average Bonchev–Trinajstić information content (AvgIpc) is 2.41. The van der Waals surface area contributed by atoms with Crippen molar-refractivity contribution in [1.82, 2.24) is 0 Å². The Hall–Kier alpha value is -0.920. The summed E-state index contributed by atoms with van der Waals surface area (Å²) in [4.78, 5) is 0. The predicted molar refractivity (Wildman–Crippen MR) is 23.0 cm³/mol. The van der Waals surface area contributed by atoms with Gasteiger partial charge in [0.15, 0.2) is 0 Å². The van der Waals surface area contributed by atoms with Gasteiger partial charge in [0.2, 0.25) is 0 Å². The normalized spacial score (nSPS) is 22.9. The van der Waals surface area contributed by atoms with Crippen LogP contribution in [0.4, 0.5) is 0 Å². The van der Waals surface area contributed by atoms with Crippen molar-refractivity contribution in [3.05, 3.63) is 24.0 Å².